The Hall–Kier alpha value is -2.14. The number of nitrogens with zero attached hydrogens (tertiary/aromatic N) is 1. The Labute approximate surface area is 124 Å². The van der Waals surface area contributed by atoms with Crippen LogP contribution in [0.15, 0.2) is 28.8 Å². The molecule has 1 heterocycles. The minimum atomic E-state index is -0.806. The zero-order valence-corrected chi connectivity index (χ0v) is 12.5. The van der Waals surface area contributed by atoms with Crippen LogP contribution in [0.5, 0.6) is 0 Å². The molecule has 2 N–H and O–H groups in total. The molecule has 0 aliphatic rings. The first kappa shape index (κ1) is 15.3. The van der Waals surface area contributed by atoms with E-state index < -0.39 is 11.9 Å². The van der Waals surface area contributed by atoms with Crippen LogP contribution in [-0.4, -0.2) is 16.2 Å². The van der Waals surface area contributed by atoms with E-state index in [4.69, 9.17) is 9.63 Å². The van der Waals surface area contributed by atoms with Crippen molar-refractivity contribution in [3.05, 3.63) is 52.4 Å². The van der Waals surface area contributed by atoms with Crippen LogP contribution in [0.25, 0.3) is 0 Å². The van der Waals surface area contributed by atoms with Gasteiger partial charge in [0.2, 0.25) is 0 Å². The summed E-state index contributed by atoms with van der Waals surface area (Å²) in [5, 5.41) is 16.2. The second-order valence-electron chi connectivity index (χ2n) is 5.21. The highest BCUT2D eigenvalue weighted by Crippen LogP contribution is 2.16. The molecule has 2 rings (SSSR count). The van der Waals surface area contributed by atoms with Gasteiger partial charge >= 0.3 is 5.97 Å². The summed E-state index contributed by atoms with van der Waals surface area (Å²) in [5.74, 6) is -0.445. The lowest BCUT2D eigenvalue weighted by Crippen LogP contribution is -2.14. The number of carboxylic acids is 1. The molecular weight excluding hydrogens is 268 g/mol. The molecule has 0 aliphatic heterocycles. The number of nitrogens with one attached hydrogen (secondary N) is 1. The van der Waals surface area contributed by atoms with Crippen LogP contribution in [0, 0.1) is 13.8 Å². The molecule has 1 aromatic heterocycles. The minimum absolute atomic E-state index is 0.477. The van der Waals surface area contributed by atoms with Gasteiger partial charge in [-0.25, -0.2) is 0 Å². The molecule has 0 radical (unpaired) electrons. The van der Waals surface area contributed by atoms with Gasteiger partial charge in [-0.15, -0.1) is 0 Å². The molecule has 1 aromatic carbocycles. The number of aliphatic carboxylic acids is 1. The maximum Gasteiger partial charge on any atom is 0.310 e. The van der Waals surface area contributed by atoms with Gasteiger partial charge in [0.25, 0.3) is 0 Å². The fourth-order valence-electron chi connectivity index (χ4n) is 2.15. The van der Waals surface area contributed by atoms with E-state index in [9.17, 15) is 4.79 Å². The lowest BCUT2D eigenvalue weighted by atomic mass is 10.00. The number of aryl methyl sites for hydroxylation is 2. The van der Waals surface area contributed by atoms with Crippen molar-refractivity contribution in [1.29, 1.82) is 0 Å². The van der Waals surface area contributed by atoms with E-state index >= 15 is 0 Å². The molecule has 0 spiro atoms. The van der Waals surface area contributed by atoms with E-state index in [0.717, 1.165) is 28.1 Å². The predicted octanol–water partition coefficient (Wildman–Crippen LogP) is 2.77. The Bertz CT molecular complexity index is 597. The van der Waals surface area contributed by atoms with Crippen LogP contribution in [0.1, 0.15) is 41.0 Å². The van der Waals surface area contributed by atoms with Gasteiger partial charge < -0.3 is 14.9 Å². The Morgan fingerprint density at radius 1 is 1.29 bits per heavy atom. The third-order valence-corrected chi connectivity index (χ3v) is 3.66. The van der Waals surface area contributed by atoms with Crippen molar-refractivity contribution < 1.29 is 14.4 Å². The number of carboxylic acid groups (broad SMARTS) is 1. The summed E-state index contributed by atoms with van der Waals surface area (Å²) in [4.78, 5) is 10.9. The van der Waals surface area contributed by atoms with E-state index in [-0.39, 0.29) is 0 Å². The molecule has 2 aromatic rings. The molecule has 0 amide bonds. The summed E-state index contributed by atoms with van der Waals surface area (Å²) < 4.78 is 5.12. The van der Waals surface area contributed by atoms with Crippen molar-refractivity contribution in [2.24, 2.45) is 0 Å². The van der Waals surface area contributed by atoms with Crippen LogP contribution in [-0.2, 0) is 17.9 Å². The van der Waals surface area contributed by atoms with Gasteiger partial charge in [-0.3, -0.25) is 4.79 Å². The second-order valence-corrected chi connectivity index (χ2v) is 5.21. The van der Waals surface area contributed by atoms with Crippen LogP contribution >= 0.6 is 0 Å². The summed E-state index contributed by atoms with van der Waals surface area (Å²) >= 11 is 0. The summed E-state index contributed by atoms with van der Waals surface area (Å²) in [6.07, 6.45) is 0. The molecule has 112 valence electrons. The second kappa shape index (κ2) is 6.54. The molecule has 1 unspecified atom stereocenters. The molecular formula is C16H20N2O3. The van der Waals surface area contributed by atoms with E-state index in [1.54, 1.807) is 6.92 Å². The molecule has 0 saturated carbocycles. The number of rotatable bonds is 6. The highest BCUT2D eigenvalue weighted by Gasteiger charge is 2.13. The number of hydrogen-bond donors (Lipinski definition) is 2. The minimum Gasteiger partial charge on any atom is -0.481 e. The number of benzene rings is 1. The summed E-state index contributed by atoms with van der Waals surface area (Å²) in [6.45, 7) is 6.93. The Morgan fingerprint density at radius 2 is 1.95 bits per heavy atom. The van der Waals surface area contributed by atoms with Gasteiger partial charge in [0.1, 0.15) is 5.76 Å². The van der Waals surface area contributed by atoms with Crippen molar-refractivity contribution in [3.8, 4) is 0 Å². The van der Waals surface area contributed by atoms with Gasteiger partial charge in [0, 0.05) is 18.7 Å². The smallest absolute Gasteiger partial charge is 0.310 e. The fourth-order valence-corrected chi connectivity index (χ4v) is 2.15. The van der Waals surface area contributed by atoms with Gasteiger partial charge in [0.05, 0.1) is 11.6 Å². The summed E-state index contributed by atoms with van der Waals surface area (Å²) in [5.41, 5.74) is 3.93. The zero-order chi connectivity index (χ0) is 15.4. The number of carbonyl (C=O) groups is 1. The van der Waals surface area contributed by atoms with E-state index in [1.165, 1.54) is 0 Å². The maximum absolute atomic E-state index is 10.9. The first-order valence-electron chi connectivity index (χ1n) is 6.93. The average Bonchev–Trinajstić information content (AvgIpc) is 2.79. The average molecular weight is 288 g/mol. The highest BCUT2D eigenvalue weighted by molar-refractivity contribution is 5.75. The third-order valence-electron chi connectivity index (χ3n) is 3.66. The molecule has 0 saturated heterocycles. The quantitative estimate of drug-likeness (QED) is 0.855. The molecule has 0 fully saturated rings. The van der Waals surface area contributed by atoms with E-state index in [2.05, 4.69) is 10.5 Å². The first-order chi connectivity index (χ1) is 9.99. The molecule has 21 heavy (non-hydrogen) atoms. The maximum atomic E-state index is 10.9. The van der Waals surface area contributed by atoms with Crippen molar-refractivity contribution in [3.63, 3.8) is 0 Å². The molecule has 0 aliphatic carbocycles. The van der Waals surface area contributed by atoms with E-state index in [1.807, 2.05) is 38.1 Å². The monoisotopic (exact) mass is 288 g/mol. The van der Waals surface area contributed by atoms with Gasteiger partial charge in [-0.05, 0) is 31.9 Å². The molecule has 1 atom stereocenters. The first-order valence-corrected chi connectivity index (χ1v) is 6.93. The van der Waals surface area contributed by atoms with Crippen LogP contribution in [0.2, 0.25) is 0 Å². The topological polar surface area (TPSA) is 75.4 Å². The largest absolute Gasteiger partial charge is 0.481 e. The van der Waals surface area contributed by atoms with Gasteiger partial charge in [-0.2, -0.15) is 0 Å². The number of hydrogen-bond acceptors (Lipinski definition) is 4. The van der Waals surface area contributed by atoms with Crippen molar-refractivity contribution in [2.45, 2.75) is 39.8 Å². The Kier molecular flexibility index (Phi) is 4.75. The summed E-state index contributed by atoms with van der Waals surface area (Å²) in [6, 6.07) is 7.64. The normalized spacial score (nSPS) is 12.3. The fraction of sp³-hybridized carbons (Fsp3) is 0.375. The predicted molar refractivity (Wildman–Crippen MR) is 79.0 cm³/mol. The van der Waals surface area contributed by atoms with Gasteiger partial charge in [0.15, 0.2) is 0 Å². The van der Waals surface area contributed by atoms with Crippen LogP contribution in [0.4, 0.5) is 0 Å². The molecule has 0 bridgehead atoms. The molecule has 5 heteroatoms. The van der Waals surface area contributed by atoms with Crippen molar-refractivity contribution in [1.82, 2.24) is 10.5 Å². The molecule has 5 nitrogen and oxygen atoms in total. The standard InChI is InChI=1S/C16H20N2O3/c1-10(16(19)20)14-6-4-13(5-7-14)8-17-9-15-11(2)18-21-12(15)3/h4-7,10,17H,8-9H2,1-3H3,(H,19,20). The zero-order valence-electron chi connectivity index (χ0n) is 12.5. The lowest BCUT2D eigenvalue weighted by Gasteiger charge is -2.08. The van der Waals surface area contributed by atoms with E-state index in [0.29, 0.717) is 13.1 Å². The SMILES string of the molecule is Cc1noc(C)c1CNCc1ccc(C(C)C(=O)O)cc1. The van der Waals surface area contributed by atoms with Crippen molar-refractivity contribution >= 4 is 5.97 Å². The number of aromatic nitrogens is 1. The lowest BCUT2D eigenvalue weighted by molar-refractivity contribution is -0.138. The Balaban J connectivity index is 1.91. The van der Waals surface area contributed by atoms with Crippen LogP contribution in [0.3, 0.4) is 0 Å². The third kappa shape index (κ3) is 3.70. The highest BCUT2D eigenvalue weighted by atomic mass is 16.5. The van der Waals surface area contributed by atoms with Gasteiger partial charge in [-0.1, -0.05) is 29.4 Å². The van der Waals surface area contributed by atoms with Crippen LogP contribution < -0.4 is 5.32 Å². The Morgan fingerprint density at radius 3 is 2.48 bits per heavy atom. The van der Waals surface area contributed by atoms with Crippen molar-refractivity contribution in [2.75, 3.05) is 0 Å². The summed E-state index contributed by atoms with van der Waals surface area (Å²) in [7, 11) is 0.